The van der Waals surface area contributed by atoms with Gasteiger partial charge in [0.25, 0.3) is 0 Å². The summed E-state index contributed by atoms with van der Waals surface area (Å²) in [4.78, 5) is 14.1. The molecule has 3 aromatic rings. The number of halogens is 4. The lowest BCUT2D eigenvalue weighted by Gasteiger charge is -2.10. The third-order valence-electron chi connectivity index (χ3n) is 4.70. The van der Waals surface area contributed by atoms with Crippen LogP contribution < -0.4 is 4.74 Å². The van der Waals surface area contributed by atoms with Gasteiger partial charge in [-0.2, -0.15) is 13.2 Å². The van der Waals surface area contributed by atoms with Gasteiger partial charge in [0.15, 0.2) is 0 Å². The van der Waals surface area contributed by atoms with E-state index in [-0.39, 0.29) is 11.2 Å². The van der Waals surface area contributed by atoms with E-state index in [2.05, 4.69) is 4.98 Å². The van der Waals surface area contributed by atoms with Crippen molar-refractivity contribution in [3.63, 3.8) is 0 Å². The largest absolute Gasteiger partial charge is 0.494 e. The molecule has 0 aliphatic heterocycles. The number of nitrogens with one attached hydrogen (secondary N) is 1. The Morgan fingerprint density at radius 1 is 1.17 bits per heavy atom. The molecule has 0 unspecified atom stereocenters. The zero-order valence-electron chi connectivity index (χ0n) is 15.8. The summed E-state index contributed by atoms with van der Waals surface area (Å²) in [6.07, 6.45) is -3.65. The van der Waals surface area contributed by atoms with Crippen LogP contribution in [0.5, 0.6) is 5.75 Å². The lowest BCUT2D eigenvalue weighted by molar-refractivity contribution is -0.137. The third kappa shape index (κ3) is 4.50. The van der Waals surface area contributed by atoms with Gasteiger partial charge in [0.2, 0.25) is 0 Å². The summed E-state index contributed by atoms with van der Waals surface area (Å²) in [6.45, 7) is 4.08. The quantitative estimate of drug-likeness (QED) is 0.464. The van der Waals surface area contributed by atoms with Crippen LogP contribution in [0.15, 0.2) is 30.3 Å². The SMILES string of the molecule is Cc1cc(OCCCc2c(C(=O)O)[nH]c3cc(C(F)(F)F)ccc23)cc(C)c1Cl. The molecule has 0 bridgehead atoms. The first-order chi connectivity index (χ1) is 13.6. The van der Waals surface area contributed by atoms with Crippen LogP contribution in [0, 0.1) is 13.8 Å². The zero-order valence-corrected chi connectivity index (χ0v) is 16.5. The first-order valence-electron chi connectivity index (χ1n) is 8.92. The molecule has 1 heterocycles. The molecule has 0 amide bonds. The fourth-order valence-corrected chi connectivity index (χ4v) is 3.41. The average molecular weight is 426 g/mol. The van der Waals surface area contributed by atoms with Gasteiger partial charge in [-0.25, -0.2) is 4.79 Å². The number of ether oxygens (including phenoxy) is 1. The van der Waals surface area contributed by atoms with Crippen LogP contribution in [-0.4, -0.2) is 22.7 Å². The monoisotopic (exact) mass is 425 g/mol. The summed E-state index contributed by atoms with van der Waals surface area (Å²) in [5, 5.41) is 10.6. The lowest BCUT2D eigenvalue weighted by atomic mass is 10.0. The van der Waals surface area contributed by atoms with E-state index in [0.29, 0.717) is 41.2 Å². The number of carbonyl (C=O) groups is 1. The van der Waals surface area contributed by atoms with Crippen molar-refractivity contribution in [3.05, 3.63) is 63.3 Å². The van der Waals surface area contributed by atoms with E-state index in [4.69, 9.17) is 16.3 Å². The number of fused-ring (bicyclic) bond motifs is 1. The topological polar surface area (TPSA) is 62.3 Å². The fourth-order valence-electron chi connectivity index (χ4n) is 3.30. The lowest BCUT2D eigenvalue weighted by Crippen LogP contribution is -2.04. The molecule has 0 aliphatic carbocycles. The molecule has 3 rings (SSSR count). The Kier molecular flexibility index (Phi) is 5.80. The summed E-state index contributed by atoms with van der Waals surface area (Å²) in [6, 6.07) is 6.84. The van der Waals surface area contributed by atoms with E-state index in [1.165, 1.54) is 6.07 Å². The number of rotatable bonds is 6. The predicted octanol–water partition coefficient (Wildman–Crippen LogP) is 6.17. The molecule has 0 saturated carbocycles. The minimum absolute atomic E-state index is 0.0995. The molecule has 2 aromatic carbocycles. The molecule has 0 radical (unpaired) electrons. The number of H-pyrrole nitrogens is 1. The Morgan fingerprint density at radius 3 is 2.41 bits per heavy atom. The molecule has 1 aromatic heterocycles. The van der Waals surface area contributed by atoms with Gasteiger partial charge in [-0.1, -0.05) is 17.7 Å². The van der Waals surface area contributed by atoms with Gasteiger partial charge in [0.1, 0.15) is 11.4 Å². The number of aromatic amines is 1. The number of aromatic nitrogens is 1. The highest BCUT2D eigenvalue weighted by Crippen LogP contribution is 2.33. The van der Waals surface area contributed by atoms with Gasteiger partial charge in [-0.15, -0.1) is 0 Å². The molecule has 0 spiro atoms. The molecule has 0 atom stereocenters. The number of aryl methyl sites for hydroxylation is 3. The molecule has 29 heavy (non-hydrogen) atoms. The summed E-state index contributed by atoms with van der Waals surface area (Å²) in [5.74, 6) is -0.550. The highest BCUT2D eigenvalue weighted by Gasteiger charge is 2.31. The van der Waals surface area contributed by atoms with E-state index in [1.54, 1.807) is 0 Å². The maximum Gasteiger partial charge on any atom is 0.416 e. The number of alkyl halides is 3. The van der Waals surface area contributed by atoms with Crippen molar-refractivity contribution in [2.45, 2.75) is 32.9 Å². The number of carboxylic acid groups (broad SMARTS) is 1. The summed E-state index contributed by atoms with van der Waals surface area (Å²) in [5.41, 5.74) is 1.48. The highest BCUT2D eigenvalue weighted by molar-refractivity contribution is 6.32. The van der Waals surface area contributed by atoms with Gasteiger partial charge in [-0.05, 0) is 67.6 Å². The van der Waals surface area contributed by atoms with Crippen molar-refractivity contribution < 1.29 is 27.8 Å². The number of benzene rings is 2. The maximum atomic E-state index is 12.9. The van der Waals surface area contributed by atoms with Crippen LogP contribution in [0.2, 0.25) is 5.02 Å². The van der Waals surface area contributed by atoms with Crippen LogP contribution in [-0.2, 0) is 12.6 Å². The summed E-state index contributed by atoms with van der Waals surface area (Å²) in [7, 11) is 0. The summed E-state index contributed by atoms with van der Waals surface area (Å²) >= 11 is 6.14. The van der Waals surface area contributed by atoms with Gasteiger partial charge in [-0.3, -0.25) is 0 Å². The Balaban J connectivity index is 1.77. The Bertz CT molecular complexity index is 1050. The van der Waals surface area contributed by atoms with Crippen LogP contribution >= 0.6 is 11.6 Å². The van der Waals surface area contributed by atoms with Crippen molar-refractivity contribution in [1.29, 1.82) is 0 Å². The van der Waals surface area contributed by atoms with Crippen LogP contribution in [0.4, 0.5) is 13.2 Å². The maximum absolute atomic E-state index is 12.9. The van der Waals surface area contributed by atoms with Crippen molar-refractivity contribution >= 4 is 28.5 Å². The Labute approximate surface area is 170 Å². The fraction of sp³-hybridized carbons (Fsp3) is 0.286. The van der Waals surface area contributed by atoms with E-state index in [0.717, 1.165) is 23.3 Å². The second-order valence-corrected chi connectivity index (χ2v) is 7.24. The first kappa shape index (κ1) is 21.0. The molecule has 2 N–H and O–H groups in total. The van der Waals surface area contributed by atoms with Crippen LogP contribution in [0.3, 0.4) is 0 Å². The Hall–Kier alpha value is -2.67. The molecular weight excluding hydrogens is 407 g/mol. The standard InChI is InChI=1S/C21H19ClF3NO3/c1-11-8-14(9-12(2)18(11)22)29-7-3-4-16-15-6-5-13(21(23,24)25)10-17(15)26-19(16)20(27)28/h5-6,8-10,26H,3-4,7H2,1-2H3,(H,27,28). The van der Waals surface area contributed by atoms with Gasteiger partial charge in [0.05, 0.1) is 12.2 Å². The van der Waals surface area contributed by atoms with Gasteiger partial charge < -0.3 is 14.8 Å². The summed E-state index contributed by atoms with van der Waals surface area (Å²) < 4.78 is 44.5. The van der Waals surface area contributed by atoms with Crippen LogP contribution in [0.1, 0.15) is 39.2 Å². The number of hydrogen-bond donors (Lipinski definition) is 2. The molecule has 0 aliphatic rings. The predicted molar refractivity (Wildman–Crippen MR) is 105 cm³/mol. The molecule has 4 nitrogen and oxygen atoms in total. The molecule has 8 heteroatoms. The van der Waals surface area contributed by atoms with Crippen molar-refractivity contribution in [2.24, 2.45) is 0 Å². The van der Waals surface area contributed by atoms with Gasteiger partial charge >= 0.3 is 12.1 Å². The highest BCUT2D eigenvalue weighted by atomic mass is 35.5. The van der Waals surface area contributed by atoms with Crippen molar-refractivity contribution in [3.8, 4) is 5.75 Å². The second kappa shape index (κ2) is 7.99. The van der Waals surface area contributed by atoms with Crippen molar-refractivity contribution in [2.75, 3.05) is 6.61 Å². The minimum atomic E-state index is -4.49. The average Bonchev–Trinajstić information content (AvgIpc) is 3.00. The number of hydrogen-bond acceptors (Lipinski definition) is 2. The zero-order chi connectivity index (χ0) is 21.3. The smallest absolute Gasteiger partial charge is 0.416 e. The van der Waals surface area contributed by atoms with E-state index >= 15 is 0 Å². The molecule has 0 fully saturated rings. The van der Waals surface area contributed by atoms with E-state index in [9.17, 15) is 23.1 Å². The number of carboxylic acids is 1. The molecule has 0 saturated heterocycles. The van der Waals surface area contributed by atoms with E-state index < -0.39 is 17.7 Å². The molecule has 154 valence electrons. The van der Waals surface area contributed by atoms with Gasteiger partial charge in [0, 0.05) is 15.9 Å². The van der Waals surface area contributed by atoms with Crippen LogP contribution in [0.25, 0.3) is 10.9 Å². The normalized spacial score (nSPS) is 11.8. The third-order valence-corrected chi connectivity index (χ3v) is 5.29. The second-order valence-electron chi connectivity index (χ2n) is 6.86. The Morgan fingerprint density at radius 2 is 1.83 bits per heavy atom. The first-order valence-corrected chi connectivity index (χ1v) is 9.30. The molecular formula is C21H19ClF3NO3. The minimum Gasteiger partial charge on any atom is -0.494 e. The number of aromatic carboxylic acids is 1. The van der Waals surface area contributed by atoms with Crippen molar-refractivity contribution in [1.82, 2.24) is 4.98 Å². The van der Waals surface area contributed by atoms with E-state index in [1.807, 2.05) is 26.0 Å².